The van der Waals surface area contributed by atoms with Gasteiger partial charge in [0.05, 0.1) is 16.3 Å². The molecule has 0 fully saturated rings. The molecule has 4 aromatic rings. The summed E-state index contributed by atoms with van der Waals surface area (Å²) in [6.45, 7) is 2.13. The number of anilines is 1. The van der Waals surface area contributed by atoms with Crippen LogP contribution < -0.4 is 5.32 Å². The first-order valence-corrected chi connectivity index (χ1v) is 10.9. The standard InChI is InChI=1S/C25H21N3S/c1-15-7-9-22-23(12-15)29-25(28-22)16-8-10-21-20(13-16)18-5-2-6-19(18)24(27-21)17-4-3-11-26-14-17/h2-5,7-14,18-19,24,27H,6H2,1H3/t18-,19-,24+/m1/s1. The maximum Gasteiger partial charge on any atom is 0.124 e. The lowest BCUT2D eigenvalue weighted by atomic mass is 9.77. The van der Waals surface area contributed by atoms with Gasteiger partial charge in [-0.3, -0.25) is 4.98 Å². The number of allylic oxidation sites excluding steroid dienone is 2. The molecule has 6 rings (SSSR count). The van der Waals surface area contributed by atoms with Crippen LogP contribution in [0.25, 0.3) is 20.8 Å². The summed E-state index contributed by atoms with van der Waals surface area (Å²) in [5.74, 6) is 0.966. The first-order valence-electron chi connectivity index (χ1n) is 10.1. The van der Waals surface area contributed by atoms with E-state index in [1.807, 2.05) is 18.5 Å². The zero-order valence-electron chi connectivity index (χ0n) is 16.2. The van der Waals surface area contributed by atoms with Crippen LogP contribution in [0.15, 0.2) is 73.1 Å². The second-order valence-electron chi connectivity index (χ2n) is 8.05. The molecule has 29 heavy (non-hydrogen) atoms. The third-order valence-electron chi connectivity index (χ3n) is 6.20. The maximum absolute atomic E-state index is 4.89. The Morgan fingerprint density at radius 1 is 1.10 bits per heavy atom. The Morgan fingerprint density at radius 3 is 2.97 bits per heavy atom. The van der Waals surface area contributed by atoms with Crippen molar-refractivity contribution < 1.29 is 0 Å². The summed E-state index contributed by atoms with van der Waals surface area (Å²) in [7, 11) is 0. The summed E-state index contributed by atoms with van der Waals surface area (Å²) in [6.07, 6.45) is 9.66. The summed E-state index contributed by atoms with van der Waals surface area (Å²) in [5, 5.41) is 4.90. The molecule has 0 saturated carbocycles. The van der Waals surface area contributed by atoms with Crippen LogP contribution in [0.3, 0.4) is 0 Å². The Bertz CT molecular complexity index is 1240. The van der Waals surface area contributed by atoms with E-state index in [4.69, 9.17) is 4.98 Å². The van der Waals surface area contributed by atoms with Gasteiger partial charge in [-0.25, -0.2) is 4.98 Å². The van der Waals surface area contributed by atoms with Gasteiger partial charge in [0.1, 0.15) is 5.01 Å². The lowest BCUT2D eigenvalue weighted by Gasteiger charge is -2.37. The van der Waals surface area contributed by atoms with Crippen molar-refractivity contribution in [3.63, 3.8) is 0 Å². The topological polar surface area (TPSA) is 37.8 Å². The minimum Gasteiger partial charge on any atom is -0.378 e. The van der Waals surface area contributed by atoms with Crippen LogP contribution in [0.5, 0.6) is 0 Å². The van der Waals surface area contributed by atoms with Crippen molar-refractivity contribution >= 4 is 27.2 Å². The third kappa shape index (κ3) is 2.78. The normalized spacial score (nSPS) is 22.3. The molecule has 3 atom stereocenters. The predicted molar refractivity (Wildman–Crippen MR) is 120 cm³/mol. The molecule has 3 heterocycles. The molecule has 2 aromatic heterocycles. The second-order valence-corrected chi connectivity index (χ2v) is 9.08. The van der Waals surface area contributed by atoms with Gasteiger partial charge in [-0.1, -0.05) is 24.3 Å². The molecule has 2 aliphatic rings. The van der Waals surface area contributed by atoms with E-state index in [1.165, 1.54) is 32.6 Å². The lowest BCUT2D eigenvalue weighted by Crippen LogP contribution is -2.29. The second kappa shape index (κ2) is 6.53. The molecule has 1 N–H and O–H groups in total. The van der Waals surface area contributed by atoms with Crippen LogP contribution in [-0.2, 0) is 0 Å². The number of aryl methyl sites for hydroxylation is 1. The SMILES string of the molecule is Cc1ccc2nc(-c3ccc4c(c3)[C@@H]3C=CC[C@H]3[C@H](c3cccnc3)N4)sc2c1. The molecule has 1 aliphatic carbocycles. The summed E-state index contributed by atoms with van der Waals surface area (Å²) in [4.78, 5) is 9.24. The number of fused-ring (bicyclic) bond motifs is 4. The number of rotatable bonds is 2. The zero-order chi connectivity index (χ0) is 19.4. The van der Waals surface area contributed by atoms with Gasteiger partial charge in [-0.15, -0.1) is 11.3 Å². The molecular weight excluding hydrogens is 374 g/mol. The van der Waals surface area contributed by atoms with Crippen molar-refractivity contribution in [2.45, 2.75) is 25.3 Å². The van der Waals surface area contributed by atoms with E-state index < -0.39 is 0 Å². The Balaban J connectivity index is 1.42. The summed E-state index contributed by atoms with van der Waals surface area (Å²) >= 11 is 1.78. The maximum atomic E-state index is 4.89. The minimum absolute atomic E-state index is 0.299. The smallest absolute Gasteiger partial charge is 0.124 e. The summed E-state index contributed by atoms with van der Waals surface area (Å²) in [6, 6.07) is 17.8. The van der Waals surface area contributed by atoms with Gasteiger partial charge in [0.15, 0.2) is 0 Å². The molecule has 0 radical (unpaired) electrons. The van der Waals surface area contributed by atoms with Crippen LogP contribution in [0, 0.1) is 12.8 Å². The average molecular weight is 396 g/mol. The van der Waals surface area contributed by atoms with E-state index in [9.17, 15) is 0 Å². The summed E-state index contributed by atoms with van der Waals surface area (Å²) in [5.41, 5.74) is 7.46. The van der Waals surface area contributed by atoms with Crippen molar-refractivity contribution in [3.05, 3.63) is 89.8 Å². The molecule has 0 saturated heterocycles. The van der Waals surface area contributed by atoms with Crippen LogP contribution >= 0.6 is 11.3 Å². The molecule has 0 amide bonds. The quantitative estimate of drug-likeness (QED) is 0.394. The number of pyridine rings is 1. The van der Waals surface area contributed by atoms with Gasteiger partial charge in [0.2, 0.25) is 0 Å². The minimum atomic E-state index is 0.299. The van der Waals surface area contributed by atoms with E-state index in [0.29, 0.717) is 17.9 Å². The third-order valence-corrected chi connectivity index (χ3v) is 7.26. The van der Waals surface area contributed by atoms with Crippen LogP contribution in [0.1, 0.15) is 35.1 Å². The number of hydrogen-bond donors (Lipinski definition) is 1. The Kier molecular flexibility index (Phi) is 3.81. The van der Waals surface area contributed by atoms with Crippen molar-refractivity contribution in [2.24, 2.45) is 5.92 Å². The number of hydrogen-bond acceptors (Lipinski definition) is 4. The zero-order valence-corrected chi connectivity index (χ0v) is 17.0. The first kappa shape index (κ1) is 16.9. The number of benzene rings is 2. The molecule has 2 aromatic carbocycles. The molecule has 0 unspecified atom stereocenters. The van der Waals surface area contributed by atoms with Crippen LogP contribution in [-0.4, -0.2) is 9.97 Å². The predicted octanol–water partition coefficient (Wildman–Crippen LogP) is 6.49. The fourth-order valence-electron chi connectivity index (χ4n) is 4.77. The van der Waals surface area contributed by atoms with E-state index in [1.54, 1.807) is 11.3 Å². The number of nitrogens with zero attached hydrogens (tertiary/aromatic N) is 2. The van der Waals surface area contributed by atoms with Gasteiger partial charge >= 0.3 is 0 Å². The molecule has 0 spiro atoms. The van der Waals surface area contributed by atoms with Crippen molar-refractivity contribution in [2.75, 3.05) is 5.32 Å². The summed E-state index contributed by atoms with van der Waals surface area (Å²) < 4.78 is 1.26. The lowest BCUT2D eigenvalue weighted by molar-refractivity contribution is 0.425. The van der Waals surface area contributed by atoms with Gasteiger partial charge in [0, 0.05) is 29.6 Å². The van der Waals surface area contributed by atoms with Crippen molar-refractivity contribution in [1.82, 2.24) is 9.97 Å². The monoisotopic (exact) mass is 395 g/mol. The van der Waals surface area contributed by atoms with Crippen LogP contribution in [0.2, 0.25) is 0 Å². The average Bonchev–Trinajstić information content (AvgIpc) is 3.40. The van der Waals surface area contributed by atoms with Crippen molar-refractivity contribution in [3.8, 4) is 10.6 Å². The molecule has 4 heteroatoms. The van der Waals surface area contributed by atoms with Gasteiger partial charge in [-0.2, -0.15) is 0 Å². The Hall–Kier alpha value is -2.98. The number of aromatic nitrogens is 2. The molecular formula is C25H21N3S. The van der Waals surface area contributed by atoms with E-state index in [2.05, 4.69) is 71.8 Å². The highest BCUT2D eigenvalue weighted by Gasteiger charge is 2.38. The highest BCUT2D eigenvalue weighted by molar-refractivity contribution is 7.21. The number of thiazole rings is 1. The fourth-order valence-corrected chi connectivity index (χ4v) is 5.83. The van der Waals surface area contributed by atoms with E-state index in [-0.39, 0.29) is 0 Å². The fraction of sp³-hybridized carbons (Fsp3) is 0.200. The molecule has 3 nitrogen and oxygen atoms in total. The van der Waals surface area contributed by atoms with E-state index in [0.717, 1.165) is 16.9 Å². The van der Waals surface area contributed by atoms with Gasteiger partial charge in [0.25, 0.3) is 0 Å². The highest BCUT2D eigenvalue weighted by atomic mass is 32.1. The molecule has 1 aliphatic heterocycles. The molecule has 0 bridgehead atoms. The number of nitrogens with one attached hydrogen (secondary N) is 1. The van der Waals surface area contributed by atoms with Crippen LogP contribution in [0.4, 0.5) is 5.69 Å². The highest BCUT2D eigenvalue weighted by Crippen LogP contribution is 2.50. The van der Waals surface area contributed by atoms with E-state index >= 15 is 0 Å². The van der Waals surface area contributed by atoms with Gasteiger partial charge in [-0.05, 0) is 72.4 Å². The Morgan fingerprint density at radius 2 is 2.07 bits per heavy atom. The first-order chi connectivity index (χ1) is 14.3. The van der Waals surface area contributed by atoms with Crippen molar-refractivity contribution in [1.29, 1.82) is 0 Å². The van der Waals surface area contributed by atoms with Gasteiger partial charge < -0.3 is 5.32 Å². The Labute approximate surface area is 174 Å². The largest absolute Gasteiger partial charge is 0.378 e. The molecule has 142 valence electrons.